The van der Waals surface area contributed by atoms with Crippen molar-refractivity contribution in [2.45, 2.75) is 6.92 Å². The summed E-state index contributed by atoms with van der Waals surface area (Å²) < 4.78 is 0. The van der Waals surface area contributed by atoms with Gasteiger partial charge < -0.3 is 4.90 Å². The van der Waals surface area contributed by atoms with Crippen molar-refractivity contribution in [3.8, 4) is 0 Å². The van der Waals surface area contributed by atoms with Crippen LogP contribution in [0, 0.1) is 6.92 Å². The van der Waals surface area contributed by atoms with E-state index < -0.39 is 0 Å². The summed E-state index contributed by atoms with van der Waals surface area (Å²) in [6.07, 6.45) is 9.47. The summed E-state index contributed by atoms with van der Waals surface area (Å²) in [5, 5.41) is 0. The van der Waals surface area contributed by atoms with Crippen LogP contribution < -0.4 is 4.90 Å². The number of likely N-dealkylation sites (N-methyl/N-ethyl adjacent to an activating group) is 1. The third-order valence-electron chi connectivity index (χ3n) is 2.56. The van der Waals surface area contributed by atoms with E-state index in [4.69, 9.17) is 0 Å². The van der Waals surface area contributed by atoms with Crippen LogP contribution >= 0.6 is 0 Å². The van der Waals surface area contributed by atoms with Gasteiger partial charge in [-0.1, -0.05) is 49.6 Å². The molecule has 0 radical (unpaired) electrons. The Hall–Kier alpha value is -2.02. The lowest BCUT2D eigenvalue weighted by Gasteiger charge is -2.22. The predicted molar refractivity (Wildman–Crippen MR) is 77.2 cm³/mol. The van der Waals surface area contributed by atoms with Gasteiger partial charge in [0.05, 0.1) is 0 Å². The van der Waals surface area contributed by atoms with Gasteiger partial charge in [-0.3, -0.25) is 0 Å². The maximum atomic E-state index is 3.74. The van der Waals surface area contributed by atoms with Gasteiger partial charge in [-0.25, -0.2) is 0 Å². The van der Waals surface area contributed by atoms with E-state index in [2.05, 4.69) is 37.1 Å². The molecule has 1 rings (SSSR count). The lowest BCUT2D eigenvalue weighted by molar-refractivity contribution is 1.12. The molecule has 1 aromatic rings. The minimum Gasteiger partial charge on any atom is -0.344 e. The molecule has 1 aromatic carbocycles. The van der Waals surface area contributed by atoms with Crippen LogP contribution in [0.25, 0.3) is 0 Å². The van der Waals surface area contributed by atoms with E-state index >= 15 is 0 Å². The van der Waals surface area contributed by atoms with Gasteiger partial charge in [-0.05, 0) is 30.7 Å². The van der Waals surface area contributed by atoms with Crippen LogP contribution in [0.3, 0.4) is 0 Å². The zero-order chi connectivity index (χ0) is 12.7. The minimum absolute atomic E-state index is 1.08. The van der Waals surface area contributed by atoms with Gasteiger partial charge in [0.1, 0.15) is 0 Å². The Kier molecular flexibility index (Phi) is 5.02. The number of hydrogen-bond donors (Lipinski definition) is 0. The van der Waals surface area contributed by atoms with Crippen LogP contribution in [0.4, 0.5) is 5.69 Å². The molecule has 0 heterocycles. The van der Waals surface area contributed by atoms with Crippen molar-refractivity contribution in [3.05, 3.63) is 79.1 Å². The van der Waals surface area contributed by atoms with Crippen molar-refractivity contribution in [2.75, 3.05) is 11.9 Å². The largest absolute Gasteiger partial charge is 0.344 e. The van der Waals surface area contributed by atoms with Gasteiger partial charge in [-0.15, -0.1) is 0 Å². The third-order valence-corrected chi connectivity index (χ3v) is 2.56. The molecule has 0 aliphatic carbocycles. The van der Waals surface area contributed by atoms with Crippen LogP contribution in [0.2, 0.25) is 0 Å². The van der Waals surface area contributed by atoms with Crippen molar-refractivity contribution >= 4 is 5.69 Å². The van der Waals surface area contributed by atoms with Gasteiger partial charge in [0.25, 0.3) is 0 Å². The van der Waals surface area contributed by atoms with Gasteiger partial charge in [0, 0.05) is 18.4 Å². The molecule has 0 spiro atoms. The lowest BCUT2D eigenvalue weighted by Crippen LogP contribution is -2.15. The average molecular weight is 225 g/mol. The first kappa shape index (κ1) is 13.0. The zero-order valence-electron chi connectivity index (χ0n) is 10.6. The van der Waals surface area contributed by atoms with E-state index in [0.29, 0.717) is 0 Å². The Morgan fingerprint density at radius 3 is 2.47 bits per heavy atom. The summed E-state index contributed by atoms with van der Waals surface area (Å²) in [4.78, 5) is 2.14. The number of anilines is 1. The molecule has 0 fully saturated rings. The molecular formula is C16H19N. The number of allylic oxidation sites excluding steroid dienone is 5. The fourth-order valence-electron chi connectivity index (χ4n) is 1.65. The molecule has 1 nitrogen and oxygen atoms in total. The highest BCUT2D eigenvalue weighted by atomic mass is 15.1. The Morgan fingerprint density at radius 2 is 1.88 bits per heavy atom. The molecule has 0 atom stereocenters. The van der Waals surface area contributed by atoms with E-state index in [1.165, 1.54) is 11.3 Å². The van der Waals surface area contributed by atoms with Gasteiger partial charge >= 0.3 is 0 Å². The van der Waals surface area contributed by atoms with Crippen LogP contribution in [0.5, 0.6) is 0 Å². The van der Waals surface area contributed by atoms with Crippen molar-refractivity contribution in [1.82, 2.24) is 0 Å². The summed E-state index contributed by atoms with van der Waals surface area (Å²) in [6.45, 7) is 9.53. The van der Waals surface area contributed by atoms with Crippen LogP contribution in [-0.4, -0.2) is 7.05 Å². The lowest BCUT2D eigenvalue weighted by atomic mass is 10.1. The quantitative estimate of drug-likeness (QED) is 0.677. The molecule has 0 amide bonds. The maximum absolute atomic E-state index is 3.74. The number of nitrogens with zero attached hydrogens (tertiary/aromatic N) is 1. The molecule has 0 unspecified atom stereocenters. The second kappa shape index (κ2) is 6.54. The molecule has 0 aliphatic heterocycles. The Morgan fingerprint density at radius 1 is 1.18 bits per heavy atom. The summed E-state index contributed by atoms with van der Waals surface area (Å²) in [5.74, 6) is 0. The average Bonchev–Trinajstić information content (AvgIpc) is 2.34. The molecular weight excluding hydrogens is 206 g/mol. The second-order valence-corrected chi connectivity index (χ2v) is 3.77. The first-order valence-corrected chi connectivity index (χ1v) is 5.62. The fraction of sp³-hybridized carbons (Fsp3) is 0.125. The number of hydrogen-bond acceptors (Lipinski definition) is 1. The number of para-hydroxylation sites is 1. The highest BCUT2D eigenvalue weighted by Gasteiger charge is 2.05. The molecule has 1 heteroatoms. The van der Waals surface area contributed by atoms with Crippen molar-refractivity contribution in [1.29, 1.82) is 0 Å². The summed E-state index contributed by atoms with van der Waals surface area (Å²) in [6, 6.07) is 8.30. The van der Waals surface area contributed by atoms with E-state index in [-0.39, 0.29) is 0 Å². The van der Waals surface area contributed by atoms with Crippen molar-refractivity contribution in [2.24, 2.45) is 0 Å². The topological polar surface area (TPSA) is 3.24 Å². The molecule has 0 N–H and O–H groups in total. The number of benzene rings is 1. The summed E-state index contributed by atoms with van der Waals surface area (Å²) in [7, 11) is 2.05. The molecule has 0 bridgehead atoms. The number of rotatable bonds is 5. The molecule has 88 valence electrons. The molecule has 0 saturated carbocycles. The molecule has 0 aromatic heterocycles. The monoisotopic (exact) mass is 225 g/mol. The standard InChI is InChI=1S/C16H19N/c1-5-7-12-15(10-6-2)17(4)16-13-9-8-11-14(16)3/h5-13H,1-2H2,3-4H3/b12-7-,15-10+. The molecule has 17 heavy (non-hydrogen) atoms. The van der Waals surface area contributed by atoms with E-state index in [9.17, 15) is 0 Å². The smallest absolute Gasteiger partial charge is 0.0437 e. The Bertz CT molecular complexity index is 452. The van der Waals surface area contributed by atoms with Crippen molar-refractivity contribution in [3.63, 3.8) is 0 Å². The summed E-state index contributed by atoms with van der Waals surface area (Å²) >= 11 is 0. The SMILES string of the molecule is C=C/C=C\C(=C/C=C)N(C)c1ccccc1C. The van der Waals surface area contributed by atoms with Gasteiger partial charge in [0.2, 0.25) is 0 Å². The predicted octanol–water partition coefficient (Wildman–Crippen LogP) is 4.24. The van der Waals surface area contributed by atoms with E-state index in [1.54, 1.807) is 12.2 Å². The third kappa shape index (κ3) is 3.49. The van der Waals surface area contributed by atoms with Gasteiger partial charge in [-0.2, -0.15) is 0 Å². The Labute approximate surface area is 104 Å². The number of aryl methyl sites for hydroxylation is 1. The molecule has 0 aliphatic rings. The molecule has 0 saturated heterocycles. The minimum atomic E-state index is 1.08. The van der Waals surface area contributed by atoms with Crippen molar-refractivity contribution < 1.29 is 0 Å². The second-order valence-electron chi connectivity index (χ2n) is 3.77. The van der Waals surface area contributed by atoms with E-state index in [0.717, 1.165) is 5.70 Å². The zero-order valence-corrected chi connectivity index (χ0v) is 10.6. The highest BCUT2D eigenvalue weighted by Crippen LogP contribution is 2.22. The first-order valence-electron chi connectivity index (χ1n) is 5.62. The van der Waals surface area contributed by atoms with Gasteiger partial charge in [0.15, 0.2) is 0 Å². The first-order chi connectivity index (χ1) is 8.20. The normalized spacial score (nSPS) is 11.5. The Balaban J connectivity index is 3.08. The van der Waals surface area contributed by atoms with Crippen LogP contribution in [-0.2, 0) is 0 Å². The van der Waals surface area contributed by atoms with E-state index in [1.807, 2.05) is 37.4 Å². The fourth-order valence-corrected chi connectivity index (χ4v) is 1.65. The van der Waals surface area contributed by atoms with Crippen LogP contribution in [0.1, 0.15) is 5.56 Å². The highest BCUT2D eigenvalue weighted by molar-refractivity contribution is 5.59. The summed E-state index contributed by atoms with van der Waals surface area (Å²) in [5.41, 5.74) is 3.51. The maximum Gasteiger partial charge on any atom is 0.0437 e. The van der Waals surface area contributed by atoms with Crippen LogP contribution in [0.15, 0.2) is 73.5 Å².